The van der Waals surface area contributed by atoms with Gasteiger partial charge in [-0.25, -0.2) is 0 Å². The number of carbonyl (C=O) groups excluding carboxylic acids is 3. The summed E-state index contributed by atoms with van der Waals surface area (Å²) in [5, 5.41) is 6.02. The van der Waals surface area contributed by atoms with Crippen molar-refractivity contribution < 1.29 is 14.4 Å². The first-order valence-corrected chi connectivity index (χ1v) is 15.4. The zero-order valence-electron chi connectivity index (χ0n) is 25.0. The first kappa shape index (κ1) is 31.3. The van der Waals surface area contributed by atoms with Crippen LogP contribution < -0.4 is 20.4 Å². The third-order valence-electron chi connectivity index (χ3n) is 7.85. The first-order chi connectivity index (χ1) is 20.1. The van der Waals surface area contributed by atoms with Gasteiger partial charge in [0.2, 0.25) is 5.91 Å². The van der Waals surface area contributed by atoms with Gasteiger partial charge in [0.25, 0.3) is 11.8 Å². The van der Waals surface area contributed by atoms with E-state index in [4.69, 9.17) is 0 Å². The molecule has 0 bridgehead atoms. The minimum absolute atomic E-state index is 0.189. The Kier molecular flexibility index (Phi) is 10.8. The van der Waals surface area contributed by atoms with Crippen LogP contribution in [0.3, 0.4) is 0 Å². The SMILES string of the molecule is C/C(Br)=N\C(C)=C(/C)C(=O)Nc1cc(C(=O)NCCCN2CCCC2=O)ccc1N1CCN(c2ccccc2C)CC1. The molecule has 0 aliphatic carbocycles. The lowest BCUT2D eigenvalue weighted by atomic mass is 10.1. The molecule has 224 valence electrons. The Labute approximate surface area is 257 Å². The molecule has 2 aromatic rings. The van der Waals surface area contributed by atoms with Crippen molar-refractivity contribution in [3.63, 3.8) is 0 Å². The Balaban J connectivity index is 1.49. The van der Waals surface area contributed by atoms with Gasteiger partial charge in [0, 0.05) is 74.8 Å². The normalized spacial score (nSPS) is 16.5. The number of allylic oxidation sites excluding steroid dienone is 1. The van der Waals surface area contributed by atoms with E-state index in [2.05, 4.69) is 72.5 Å². The van der Waals surface area contributed by atoms with Crippen molar-refractivity contribution in [3.8, 4) is 0 Å². The van der Waals surface area contributed by atoms with E-state index < -0.39 is 0 Å². The van der Waals surface area contributed by atoms with Crippen LogP contribution in [0.2, 0.25) is 0 Å². The van der Waals surface area contributed by atoms with Crippen molar-refractivity contribution in [2.75, 3.05) is 60.9 Å². The fourth-order valence-corrected chi connectivity index (χ4v) is 5.64. The van der Waals surface area contributed by atoms with Crippen molar-refractivity contribution in [2.24, 2.45) is 4.99 Å². The lowest BCUT2D eigenvalue weighted by Crippen LogP contribution is -2.47. The number of rotatable bonds is 10. The van der Waals surface area contributed by atoms with Gasteiger partial charge in [-0.15, -0.1) is 0 Å². The minimum atomic E-state index is -0.266. The van der Waals surface area contributed by atoms with Gasteiger partial charge in [-0.3, -0.25) is 19.4 Å². The highest BCUT2D eigenvalue weighted by Gasteiger charge is 2.23. The number of piperazine rings is 1. The average Bonchev–Trinajstić information content (AvgIpc) is 3.39. The van der Waals surface area contributed by atoms with Gasteiger partial charge in [-0.1, -0.05) is 18.2 Å². The van der Waals surface area contributed by atoms with Crippen LogP contribution in [0.25, 0.3) is 0 Å². The van der Waals surface area contributed by atoms with Gasteiger partial charge in [-0.05, 0) is 86.3 Å². The second kappa shape index (κ2) is 14.5. The maximum atomic E-state index is 13.3. The molecule has 0 radical (unpaired) electrons. The molecule has 0 saturated carbocycles. The molecule has 4 rings (SSSR count). The summed E-state index contributed by atoms with van der Waals surface area (Å²) in [5.74, 6) is -0.289. The number of amides is 3. The first-order valence-electron chi connectivity index (χ1n) is 14.6. The van der Waals surface area contributed by atoms with Gasteiger partial charge in [0.15, 0.2) is 0 Å². The lowest BCUT2D eigenvalue weighted by Gasteiger charge is -2.38. The molecule has 0 aromatic heterocycles. The van der Waals surface area contributed by atoms with E-state index in [9.17, 15) is 14.4 Å². The average molecular weight is 638 g/mol. The summed E-state index contributed by atoms with van der Waals surface area (Å²) in [6.07, 6.45) is 2.22. The molecule has 2 aliphatic heterocycles. The fourth-order valence-electron chi connectivity index (χ4n) is 5.37. The Hall–Kier alpha value is -3.66. The predicted molar refractivity (Wildman–Crippen MR) is 174 cm³/mol. The molecule has 10 heteroatoms. The zero-order chi connectivity index (χ0) is 30.2. The van der Waals surface area contributed by atoms with Gasteiger partial charge in [0.05, 0.1) is 16.0 Å². The van der Waals surface area contributed by atoms with Crippen molar-refractivity contribution in [3.05, 3.63) is 64.9 Å². The summed E-state index contributed by atoms with van der Waals surface area (Å²) in [7, 11) is 0. The van der Waals surface area contributed by atoms with E-state index in [0.717, 1.165) is 44.8 Å². The maximum absolute atomic E-state index is 13.3. The van der Waals surface area contributed by atoms with Crippen LogP contribution in [0, 0.1) is 6.92 Å². The fraction of sp³-hybridized carbons (Fsp3) is 0.438. The number of benzene rings is 2. The number of para-hydroxylation sites is 1. The molecule has 2 heterocycles. The number of aryl methyl sites for hydroxylation is 1. The molecule has 3 amide bonds. The van der Waals surface area contributed by atoms with E-state index in [1.54, 1.807) is 19.9 Å². The largest absolute Gasteiger partial charge is 0.368 e. The molecule has 0 spiro atoms. The lowest BCUT2D eigenvalue weighted by molar-refractivity contribution is -0.127. The summed E-state index contributed by atoms with van der Waals surface area (Å²) in [6.45, 7) is 12.6. The van der Waals surface area contributed by atoms with Crippen molar-refractivity contribution in [1.82, 2.24) is 10.2 Å². The summed E-state index contributed by atoms with van der Waals surface area (Å²) >= 11 is 3.33. The minimum Gasteiger partial charge on any atom is -0.368 e. The van der Waals surface area contributed by atoms with E-state index in [1.807, 2.05) is 24.0 Å². The number of anilines is 3. The second-order valence-corrected chi connectivity index (χ2v) is 12.0. The van der Waals surface area contributed by atoms with Gasteiger partial charge < -0.3 is 25.3 Å². The van der Waals surface area contributed by atoms with Crippen LogP contribution >= 0.6 is 15.9 Å². The molecule has 2 saturated heterocycles. The Morgan fingerprint density at radius 2 is 1.64 bits per heavy atom. The van der Waals surface area contributed by atoms with Crippen LogP contribution in [-0.2, 0) is 9.59 Å². The molecule has 0 atom stereocenters. The Morgan fingerprint density at radius 1 is 0.952 bits per heavy atom. The number of aliphatic imine (C=N–C) groups is 1. The Morgan fingerprint density at radius 3 is 2.29 bits per heavy atom. The summed E-state index contributed by atoms with van der Waals surface area (Å²) in [5.41, 5.74) is 5.54. The van der Waals surface area contributed by atoms with Crippen LogP contribution in [0.15, 0.2) is 58.7 Å². The third-order valence-corrected chi connectivity index (χ3v) is 8.03. The van der Waals surface area contributed by atoms with Gasteiger partial charge >= 0.3 is 0 Å². The van der Waals surface area contributed by atoms with E-state index >= 15 is 0 Å². The highest BCUT2D eigenvalue weighted by molar-refractivity contribution is 9.18. The number of hydrogen-bond donors (Lipinski definition) is 2. The number of halogens is 1. The number of hydrogen-bond acceptors (Lipinski definition) is 6. The van der Waals surface area contributed by atoms with Crippen molar-refractivity contribution in [1.29, 1.82) is 0 Å². The highest BCUT2D eigenvalue weighted by Crippen LogP contribution is 2.30. The highest BCUT2D eigenvalue weighted by atomic mass is 79.9. The third kappa shape index (κ3) is 8.00. The van der Waals surface area contributed by atoms with Crippen molar-refractivity contribution >= 4 is 55.3 Å². The van der Waals surface area contributed by atoms with E-state index in [1.165, 1.54) is 11.3 Å². The van der Waals surface area contributed by atoms with Crippen LogP contribution in [0.1, 0.15) is 56.0 Å². The molecule has 2 aliphatic rings. The van der Waals surface area contributed by atoms with Crippen LogP contribution in [-0.4, -0.2) is 73.1 Å². The summed E-state index contributed by atoms with van der Waals surface area (Å²) in [6, 6.07) is 13.9. The predicted octanol–water partition coefficient (Wildman–Crippen LogP) is 5.11. The molecule has 2 fully saturated rings. The number of nitrogens with one attached hydrogen (secondary N) is 2. The topological polar surface area (TPSA) is 97.3 Å². The smallest absolute Gasteiger partial charge is 0.253 e. The molecular weight excluding hydrogens is 596 g/mol. The molecular formula is C32H41BrN6O3. The standard InChI is InChI=1S/C32H41BrN6O3/c1-22-9-5-6-10-28(22)37-17-19-38(20-18-37)29-13-12-26(32(42)34-14-8-16-39-15-7-11-30(39)40)21-27(29)36-31(41)23(2)24(3)35-25(4)33/h5-6,9-10,12-13,21H,7-8,11,14-20H2,1-4H3,(H,34,42)(H,36,41)/b24-23+,35-25+. The molecule has 9 nitrogen and oxygen atoms in total. The Bertz CT molecular complexity index is 1380. The zero-order valence-corrected chi connectivity index (χ0v) is 26.6. The number of carbonyl (C=O) groups is 3. The van der Waals surface area contributed by atoms with Crippen LogP contribution in [0.4, 0.5) is 17.1 Å². The maximum Gasteiger partial charge on any atom is 0.253 e. The second-order valence-electron chi connectivity index (χ2n) is 10.9. The van der Waals surface area contributed by atoms with Crippen molar-refractivity contribution in [2.45, 2.75) is 47.0 Å². The summed E-state index contributed by atoms with van der Waals surface area (Å²) < 4.78 is 0.687. The van der Waals surface area contributed by atoms with Crippen LogP contribution in [0.5, 0.6) is 0 Å². The molecule has 0 unspecified atom stereocenters. The van der Waals surface area contributed by atoms with Gasteiger partial charge in [0.1, 0.15) is 0 Å². The molecule has 2 N–H and O–H groups in total. The van der Waals surface area contributed by atoms with Gasteiger partial charge in [-0.2, -0.15) is 0 Å². The quantitative estimate of drug-likeness (QED) is 0.215. The molecule has 2 aromatic carbocycles. The van der Waals surface area contributed by atoms with E-state index in [0.29, 0.717) is 53.1 Å². The number of nitrogens with zero attached hydrogens (tertiary/aromatic N) is 4. The summed E-state index contributed by atoms with van der Waals surface area (Å²) in [4.78, 5) is 49.1. The molecule has 42 heavy (non-hydrogen) atoms. The number of likely N-dealkylation sites (tertiary alicyclic amines) is 1. The van der Waals surface area contributed by atoms with E-state index in [-0.39, 0.29) is 17.7 Å². The monoisotopic (exact) mass is 636 g/mol.